The van der Waals surface area contributed by atoms with Crippen molar-refractivity contribution in [3.63, 3.8) is 0 Å². The Balaban J connectivity index is 1.52. The van der Waals surface area contributed by atoms with Gasteiger partial charge in [0.15, 0.2) is 5.78 Å². The van der Waals surface area contributed by atoms with E-state index in [1.807, 2.05) is 60.7 Å². The number of hydrogen-bond donors (Lipinski definition) is 4. The van der Waals surface area contributed by atoms with Crippen molar-refractivity contribution in [1.29, 1.82) is 0 Å². The molecule has 0 radical (unpaired) electrons. The van der Waals surface area contributed by atoms with Gasteiger partial charge in [-0.25, -0.2) is 0 Å². The molecule has 7 nitrogen and oxygen atoms in total. The van der Waals surface area contributed by atoms with E-state index in [2.05, 4.69) is 16.0 Å². The predicted molar refractivity (Wildman–Crippen MR) is 122 cm³/mol. The fraction of sp³-hybridized carbons (Fsp3) is 0.400. The molecule has 1 saturated heterocycles. The number of benzene rings is 2. The minimum Gasteiger partial charge on any atom is -0.385 e. The van der Waals surface area contributed by atoms with E-state index in [4.69, 9.17) is 0 Å². The maximum Gasteiger partial charge on any atom is 0.237 e. The Labute approximate surface area is 188 Å². The standard InChI is InChI=1S/C25H31N3O4/c29-22(14-13-18-8-3-1-4-9-18)23(30)17-28-24(31)20(19-10-5-2-6-11-19)16-27-25(32)21-12-7-15-26-21/h1-6,8-11,20-22,26,29H,7,12-17H2,(H,27,32)(H,28,31). The van der Waals surface area contributed by atoms with Crippen LogP contribution in [0.15, 0.2) is 60.7 Å². The number of Topliss-reactive ketones (excluding diaryl/α,β-unsaturated/α-hetero) is 1. The van der Waals surface area contributed by atoms with Gasteiger partial charge in [-0.3, -0.25) is 14.4 Å². The Kier molecular flexibility index (Phi) is 8.95. The van der Waals surface area contributed by atoms with Crippen molar-refractivity contribution < 1.29 is 19.5 Å². The van der Waals surface area contributed by atoms with Gasteiger partial charge in [-0.05, 0) is 43.4 Å². The van der Waals surface area contributed by atoms with Crippen LogP contribution in [0.4, 0.5) is 0 Å². The minimum absolute atomic E-state index is 0.122. The molecule has 1 aliphatic heterocycles. The molecule has 3 unspecified atom stereocenters. The summed E-state index contributed by atoms with van der Waals surface area (Å²) in [6.07, 6.45) is 1.47. The normalized spacial score (nSPS) is 17.3. The second-order valence-electron chi connectivity index (χ2n) is 8.08. The number of carbonyl (C=O) groups is 3. The third-order valence-electron chi connectivity index (χ3n) is 5.73. The molecule has 0 spiro atoms. The lowest BCUT2D eigenvalue weighted by atomic mass is 9.97. The van der Waals surface area contributed by atoms with Gasteiger partial charge in [-0.1, -0.05) is 60.7 Å². The molecule has 7 heteroatoms. The lowest BCUT2D eigenvalue weighted by molar-refractivity contribution is -0.130. The first-order valence-corrected chi connectivity index (χ1v) is 11.1. The average molecular weight is 438 g/mol. The van der Waals surface area contributed by atoms with Gasteiger partial charge in [0, 0.05) is 6.54 Å². The van der Waals surface area contributed by atoms with Crippen LogP contribution in [0.3, 0.4) is 0 Å². The van der Waals surface area contributed by atoms with Crippen molar-refractivity contribution in [1.82, 2.24) is 16.0 Å². The summed E-state index contributed by atoms with van der Waals surface area (Å²) in [6.45, 7) is 0.698. The molecule has 4 N–H and O–H groups in total. The highest BCUT2D eigenvalue weighted by molar-refractivity contribution is 5.91. The summed E-state index contributed by atoms with van der Waals surface area (Å²) in [7, 11) is 0. The van der Waals surface area contributed by atoms with Crippen LogP contribution in [0.25, 0.3) is 0 Å². The average Bonchev–Trinajstić information content (AvgIpc) is 3.37. The molecule has 0 aliphatic carbocycles. The first-order chi connectivity index (χ1) is 15.5. The summed E-state index contributed by atoms with van der Waals surface area (Å²) in [4.78, 5) is 37.6. The third kappa shape index (κ3) is 7.00. The van der Waals surface area contributed by atoms with Crippen LogP contribution in [0, 0.1) is 0 Å². The molecular weight excluding hydrogens is 406 g/mol. The lowest BCUT2D eigenvalue weighted by Gasteiger charge is -2.20. The molecule has 2 aromatic rings. The van der Waals surface area contributed by atoms with E-state index in [-0.39, 0.29) is 30.9 Å². The molecule has 1 heterocycles. The molecule has 0 bridgehead atoms. The zero-order valence-corrected chi connectivity index (χ0v) is 18.1. The summed E-state index contributed by atoms with van der Waals surface area (Å²) in [5.74, 6) is -1.54. The van der Waals surface area contributed by atoms with Crippen LogP contribution >= 0.6 is 0 Å². The van der Waals surface area contributed by atoms with Gasteiger partial charge in [-0.15, -0.1) is 0 Å². The molecule has 0 aromatic heterocycles. The maximum atomic E-state index is 12.9. The highest BCUT2D eigenvalue weighted by Crippen LogP contribution is 2.16. The highest BCUT2D eigenvalue weighted by Gasteiger charge is 2.26. The van der Waals surface area contributed by atoms with Gasteiger partial charge in [0.05, 0.1) is 18.5 Å². The monoisotopic (exact) mass is 437 g/mol. The van der Waals surface area contributed by atoms with Gasteiger partial charge in [-0.2, -0.15) is 0 Å². The number of nitrogens with one attached hydrogen (secondary N) is 3. The van der Waals surface area contributed by atoms with E-state index in [9.17, 15) is 19.5 Å². The quantitative estimate of drug-likeness (QED) is 0.424. The number of aliphatic hydroxyl groups excluding tert-OH is 1. The second kappa shape index (κ2) is 12.1. The van der Waals surface area contributed by atoms with Crippen molar-refractivity contribution in [2.75, 3.05) is 19.6 Å². The highest BCUT2D eigenvalue weighted by atomic mass is 16.3. The number of rotatable bonds is 11. The smallest absolute Gasteiger partial charge is 0.237 e. The zero-order chi connectivity index (χ0) is 22.8. The zero-order valence-electron chi connectivity index (χ0n) is 18.1. The van der Waals surface area contributed by atoms with Gasteiger partial charge >= 0.3 is 0 Å². The summed E-state index contributed by atoms with van der Waals surface area (Å²) in [6, 6.07) is 18.5. The van der Waals surface area contributed by atoms with Gasteiger partial charge in [0.25, 0.3) is 0 Å². The van der Waals surface area contributed by atoms with Crippen LogP contribution in [0.5, 0.6) is 0 Å². The Morgan fingerprint density at radius 1 is 1.00 bits per heavy atom. The van der Waals surface area contributed by atoms with E-state index < -0.39 is 17.8 Å². The van der Waals surface area contributed by atoms with E-state index in [0.717, 1.165) is 30.5 Å². The molecule has 2 amide bonds. The largest absolute Gasteiger partial charge is 0.385 e. The molecule has 2 aromatic carbocycles. The molecule has 0 saturated carbocycles. The number of aliphatic hydroxyl groups is 1. The topological polar surface area (TPSA) is 108 Å². The Bertz CT molecular complexity index is 883. The third-order valence-corrected chi connectivity index (χ3v) is 5.73. The van der Waals surface area contributed by atoms with Gasteiger partial charge < -0.3 is 21.1 Å². The van der Waals surface area contributed by atoms with E-state index in [1.165, 1.54) is 0 Å². The molecule has 1 fully saturated rings. The molecule has 3 atom stereocenters. The number of amides is 2. The van der Waals surface area contributed by atoms with Crippen molar-refractivity contribution in [2.45, 2.75) is 43.7 Å². The van der Waals surface area contributed by atoms with Crippen LogP contribution in [-0.4, -0.2) is 54.5 Å². The summed E-state index contributed by atoms with van der Waals surface area (Å²) in [5, 5.41) is 18.8. The Morgan fingerprint density at radius 2 is 1.69 bits per heavy atom. The molecule has 1 aliphatic rings. The minimum atomic E-state index is -1.14. The number of hydrogen-bond acceptors (Lipinski definition) is 5. The van der Waals surface area contributed by atoms with Gasteiger partial charge in [0.1, 0.15) is 6.10 Å². The van der Waals surface area contributed by atoms with Crippen molar-refractivity contribution in [2.24, 2.45) is 0 Å². The van der Waals surface area contributed by atoms with Crippen LogP contribution in [0.1, 0.15) is 36.3 Å². The fourth-order valence-electron chi connectivity index (χ4n) is 3.81. The fourth-order valence-corrected chi connectivity index (χ4v) is 3.81. The number of ketones is 1. The summed E-state index contributed by atoms with van der Waals surface area (Å²) < 4.78 is 0. The van der Waals surface area contributed by atoms with E-state index in [1.54, 1.807) is 0 Å². The van der Waals surface area contributed by atoms with Crippen molar-refractivity contribution >= 4 is 17.6 Å². The lowest BCUT2D eigenvalue weighted by Crippen LogP contribution is -2.45. The number of aryl methyl sites for hydroxylation is 1. The Hall–Kier alpha value is -3.03. The van der Waals surface area contributed by atoms with Crippen molar-refractivity contribution in [3.05, 3.63) is 71.8 Å². The first-order valence-electron chi connectivity index (χ1n) is 11.1. The van der Waals surface area contributed by atoms with Crippen LogP contribution in [-0.2, 0) is 20.8 Å². The summed E-state index contributed by atoms with van der Waals surface area (Å²) >= 11 is 0. The second-order valence-corrected chi connectivity index (χ2v) is 8.08. The van der Waals surface area contributed by atoms with Crippen LogP contribution < -0.4 is 16.0 Å². The maximum absolute atomic E-state index is 12.9. The predicted octanol–water partition coefficient (Wildman–Crippen LogP) is 1.32. The van der Waals surface area contributed by atoms with E-state index in [0.29, 0.717) is 12.8 Å². The molecule has 3 rings (SSSR count). The Morgan fingerprint density at radius 3 is 2.34 bits per heavy atom. The van der Waals surface area contributed by atoms with E-state index >= 15 is 0 Å². The molecular formula is C25H31N3O4. The SMILES string of the molecule is O=C(CNC(=O)C(CNC(=O)C1CCCN1)c1ccccc1)C(O)CCc1ccccc1. The first kappa shape index (κ1) is 23.6. The van der Waals surface area contributed by atoms with Crippen LogP contribution in [0.2, 0.25) is 0 Å². The van der Waals surface area contributed by atoms with Crippen molar-refractivity contribution in [3.8, 4) is 0 Å². The molecule has 32 heavy (non-hydrogen) atoms. The van der Waals surface area contributed by atoms with Gasteiger partial charge in [0.2, 0.25) is 11.8 Å². The number of carbonyl (C=O) groups excluding carboxylic acids is 3. The molecule has 170 valence electrons. The summed E-state index contributed by atoms with van der Waals surface area (Å²) in [5.41, 5.74) is 1.79.